The molecule has 2 aromatic rings. The van der Waals surface area contributed by atoms with Crippen LogP contribution in [-0.2, 0) is 18.9 Å². The van der Waals surface area contributed by atoms with E-state index >= 15 is 0 Å². The van der Waals surface area contributed by atoms with Crippen LogP contribution in [0.1, 0.15) is 31.0 Å². The Labute approximate surface area is 146 Å². The fourth-order valence-corrected chi connectivity index (χ4v) is 2.61. The number of hydrogen-bond acceptors (Lipinski definition) is 3. The van der Waals surface area contributed by atoms with E-state index in [2.05, 4.69) is 5.32 Å². The molecule has 0 fully saturated rings. The summed E-state index contributed by atoms with van der Waals surface area (Å²) in [6.07, 6.45) is 4.17. The van der Waals surface area contributed by atoms with E-state index in [9.17, 15) is 14.4 Å². The maximum Gasteiger partial charge on any atom is 0.330 e. The van der Waals surface area contributed by atoms with Gasteiger partial charge in [0.25, 0.3) is 5.56 Å². The van der Waals surface area contributed by atoms with Crippen molar-refractivity contribution in [3.05, 3.63) is 74.6 Å². The molecule has 6 heteroatoms. The van der Waals surface area contributed by atoms with Crippen molar-refractivity contribution in [1.82, 2.24) is 14.5 Å². The third-order valence-electron chi connectivity index (χ3n) is 4.01. The van der Waals surface area contributed by atoms with Crippen LogP contribution in [0.4, 0.5) is 0 Å². The van der Waals surface area contributed by atoms with E-state index in [0.717, 1.165) is 10.1 Å². The fraction of sp³-hybridized carbons (Fsp3) is 0.316. The molecule has 0 saturated heterocycles. The molecule has 0 radical (unpaired) electrons. The highest BCUT2D eigenvalue weighted by Gasteiger charge is 2.16. The van der Waals surface area contributed by atoms with Gasteiger partial charge in [-0.2, -0.15) is 0 Å². The Morgan fingerprint density at radius 3 is 2.36 bits per heavy atom. The Kier molecular flexibility index (Phi) is 5.75. The number of carbonyl (C=O) groups excluding carboxylic acids is 1. The van der Waals surface area contributed by atoms with Gasteiger partial charge in [-0.1, -0.05) is 44.2 Å². The van der Waals surface area contributed by atoms with Gasteiger partial charge in [-0.25, -0.2) is 4.79 Å². The summed E-state index contributed by atoms with van der Waals surface area (Å²) in [5.41, 5.74) is 0.462. The molecule has 1 atom stereocenters. The highest BCUT2D eigenvalue weighted by Crippen LogP contribution is 2.21. The van der Waals surface area contributed by atoms with E-state index in [1.54, 1.807) is 7.05 Å². The van der Waals surface area contributed by atoms with Crippen molar-refractivity contribution in [2.75, 3.05) is 0 Å². The van der Waals surface area contributed by atoms with Crippen LogP contribution >= 0.6 is 0 Å². The highest BCUT2D eigenvalue weighted by atomic mass is 16.2. The van der Waals surface area contributed by atoms with Gasteiger partial charge < -0.3 is 9.88 Å². The Morgan fingerprint density at radius 2 is 1.76 bits per heavy atom. The summed E-state index contributed by atoms with van der Waals surface area (Å²) < 4.78 is 2.32. The van der Waals surface area contributed by atoms with Gasteiger partial charge in [-0.05, 0) is 17.6 Å². The third-order valence-corrected chi connectivity index (χ3v) is 4.01. The lowest BCUT2D eigenvalue weighted by atomic mass is 9.96. The molecule has 2 rings (SSSR count). The first-order valence-corrected chi connectivity index (χ1v) is 8.11. The SMILES string of the molecule is CC(C)C(NC(=O)C=Cc1cn(C)c(=O)n(C)c1=O)c1ccccc1. The van der Waals surface area contributed by atoms with Crippen molar-refractivity contribution in [3.8, 4) is 0 Å². The first-order valence-electron chi connectivity index (χ1n) is 8.11. The lowest BCUT2D eigenvalue weighted by Crippen LogP contribution is -2.37. The van der Waals surface area contributed by atoms with Crippen molar-refractivity contribution in [2.45, 2.75) is 19.9 Å². The molecule has 6 nitrogen and oxygen atoms in total. The zero-order chi connectivity index (χ0) is 18.6. The molecule has 0 aliphatic heterocycles. The summed E-state index contributed by atoms with van der Waals surface area (Å²) in [6, 6.07) is 9.61. The standard InChI is InChI=1S/C19H23N3O3/c1-13(2)17(14-8-6-5-7-9-14)20-16(23)11-10-15-12-21(3)19(25)22(4)18(15)24/h5-13,17H,1-4H3,(H,20,23). The summed E-state index contributed by atoms with van der Waals surface area (Å²) >= 11 is 0. The van der Waals surface area contributed by atoms with Gasteiger partial charge in [0.05, 0.1) is 11.6 Å². The minimum absolute atomic E-state index is 0.124. The number of aromatic nitrogens is 2. The second-order valence-corrected chi connectivity index (χ2v) is 6.32. The molecule has 0 aliphatic rings. The predicted molar refractivity (Wildman–Crippen MR) is 98.1 cm³/mol. The summed E-state index contributed by atoms with van der Waals surface area (Å²) in [7, 11) is 2.97. The van der Waals surface area contributed by atoms with Crippen LogP contribution in [0.3, 0.4) is 0 Å². The van der Waals surface area contributed by atoms with Gasteiger partial charge >= 0.3 is 5.69 Å². The molecular weight excluding hydrogens is 318 g/mol. The Morgan fingerprint density at radius 1 is 1.12 bits per heavy atom. The number of nitrogens with zero attached hydrogens (tertiary/aromatic N) is 2. The molecule has 1 heterocycles. The lowest BCUT2D eigenvalue weighted by molar-refractivity contribution is -0.117. The molecule has 1 unspecified atom stereocenters. The molecule has 25 heavy (non-hydrogen) atoms. The largest absolute Gasteiger partial charge is 0.345 e. The van der Waals surface area contributed by atoms with Gasteiger partial charge in [0.15, 0.2) is 0 Å². The molecule has 0 aliphatic carbocycles. The summed E-state index contributed by atoms with van der Waals surface area (Å²) in [5, 5.41) is 2.96. The van der Waals surface area contributed by atoms with E-state index in [-0.39, 0.29) is 23.4 Å². The summed E-state index contributed by atoms with van der Waals surface area (Å²) in [6.45, 7) is 4.06. The Balaban J connectivity index is 2.21. The van der Waals surface area contributed by atoms with Gasteiger partial charge in [0, 0.05) is 26.4 Å². The number of aryl methyl sites for hydroxylation is 1. The van der Waals surface area contributed by atoms with Crippen molar-refractivity contribution in [1.29, 1.82) is 0 Å². The maximum atomic E-state index is 12.3. The van der Waals surface area contributed by atoms with E-state index in [4.69, 9.17) is 0 Å². The monoisotopic (exact) mass is 341 g/mol. The second kappa shape index (κ2) is 7.79. The zero-order valence-corrected chi connectivity index (χ0v) is 14.9. The lowest BCUT2D eigenvalue weighted by Gasteiger charge is -2.22. The van der Waals surface area contributed by atoms with Crippen LogP contribution in [0.2, 0.25) is 0 Å². The molecule has 1 aromatic heterocycles. The van der Waals surface area contributed by atoms with E-state index in [0.29, 0.717) is 0 Å². The molecule has 1 aromatic carbocycles. The van der Waals surface area contributed by atoms with E-state index < -0.39 is 11.2 Å². The van der Waals surface area contributed by atoms with Crippen LogP contribution in [-0.4, -0.2) is 15.0 Å². The number of rotatable bonds is 5. The normalized spacial score (nSPS) is 12.5. The van der Waals surface area contributed by atoms with Gasteiger partial charge in [-0.15, -0.1) is 0 Å². The third kappa shape index (κ3) is 4.35. The van der Waals surface area contributed by atoms with Gasteiger partial charge in [0.2, 0.25) is 5.91 Å². The first-order chi connectivity index (χ1) is 11.8. The maximum absolute atomic E-state index is 12.3. The summed E-state index contributed by atoms with van der Waals surface area (Å²) in [5.74, 6) is -0.0800. The van der Waals surface area contributed by atoms with Crippen molar-refractivity contribution in [3.63, 3.8) is 0 Å². The molecule has 0 bridgehead atoms. The van der Waals surface area contributed by atoms with Crippen LogP contribution in [0.5, 0.6) is 0 Å². The van der Waals surface area contributed by atoms with Gasteiger partial charge in [0.1, 0.15) is 0 Å². The topological polar surface area (TPSA) is 73.1 Å². The van der Waals surface area contributed by atoms with Crippen molar-refractivity contribution < 1.29 is 4.79 Å². The minimum atomic E-state index is -0.435. The van der Waals surface area contributed by atoms with Crippen LogP contribution in [0.25, 0.3) is 6.08 Å². The fourth-order valence-electron chi connectivity index (χ4n) is 2.61. The van der Waals surface area contributed by atoms with Crippen molar-refractivity contribution in [2.24, 2.45) is 20.0 Å². The summed E-state index contributed by atoms with van der Waals surface area (Å²) in [4.78, 5) is 36.0. The number of benzene rings is 1. The smallest absolute Gasteiger partial charge is 0.330 e. The van der Waals surface area contributed by atoms with E-state index in [1.807, 2.05) is 44.2 Å². The van der Waals surface area contributed by atoms with Crippen LogP contribution < -0.4 is 16.6 Å². The Hall–Kier alpha value is -2.89. The average Bonchev–Trinajstić information content (AvgIpc) is 2.60. The molecular formula is C19H23N3O3. The van der Waals surface area contributed by atoms with Crippen LogP contribution in [0.15, 0.2) is 52.2 Å². The molecule has 1 amide bonds. The minimum Gasteiger partial charge on any atom is -0.345 e. The Bertz CT molecular complexity index is 892. The zero-order valence-electron chi connectivity index (χ0n) is 14.9. The quantitative estimate of drug-likeness (QED) is 0.840. The predicted octanol–water partition coefficient (Wildman–Crippen LogP) is 1.61. The molecule has 132 valence electrons. The number of nitrogens with one attached hydrogen (secondary N) is 1. The average molecular weight is 341 g/mol. The highest BCUT2D eigenvalue weighted by molar-refractivity contribution is 5.91. The first kappa shape index (κ1) is 18.4. The van der Waals surface area contributed by atoms with E-state index in [1.165, 1.54) is 30.0 Å². The molecule has 0 spiro atoms. The number of amides is 1. The number of hydrogen-bond donors (Lipinski definition) is 1. The second-order valence-electron chi connectivity index (χ2n) is 6.32. The number of carbonyl (C=O) groups is 1. The van der Waals surface area contributed by atoms with Crippen molar-refractivity contribution >= 4 is 12.0 Å². The molecule has 0 saturated carbocycles. The van der Waals surface area contributed by atoms with Crippen LogP contribution in [0, 0.1) is 5.92 Å². The molecule has 1 N–H and O–H groups in total. The van der Waals surface area contributed by atoms with Gasteiger partial charge in [-0.3, -0.25) is 14.2 Å².